The summed E-state index contributed by atoms with van der Waals surface area (Å²) in [4.78, 5) is 9.00. The second kappa shape index (κ2) is 9.63. The largest absolute Gasteiger partial charge is 0.383 e. The molecule has 1 aromatic heterocycles. The maximum Gasteiger partial charge on any atom is 0.191 e. The Bertz CT molecular complexity index is 594. The third kappa shape index (κ3) is 5.75. The van der Waals surface area contributed by atoms with Gasteiger partial charge in [-0.05, 0) is 12.5 Å². The van der Waals surface area contributed by atoms with Crippen molar-refractivity contribution in [2.24, 2.45) is 4.99 Å². The first-order valence-corrected chi connectivity index (χ1v) is 7.88. The highest BCUT2D eigenvalue weighted by Crippen LogP contribution is 2.06. The van der Waals surface area contributed by atoms with E-state index < -0.39 is 0 Å². The number of imidazole rings is 1. The number of hydrogen-bond donors (Lipinski definition) is 2. The van der Waals surface area contributed by atoms with Gasteiger partial charge in [0, 0.05) is 39.1 Å². The van der Waals surface area contributed by atoms with Gasteiger partial charge in [0.15, 0.2) is 5.96 Å². The molecular weight excluding hydrogens is 290 g/mol. The van der Waals surface area contributed by atoms with Gasteiger partial charge in [-0.15, -0.1) is 0 Å². The monoisotopic (exact) mass is 315 g/mol. The Morgan fingerprint density at radius 1 is 1.26 bits per heavy atom. The Kier molecular flexibility index (Phi) is 7.13. The van der Waals surface area contributed by atoms with Crippen molar-refractivity contribution < 1.29 is 4.74 Å². The standard InChI is InChI=1S/C17H25N5O/c1-3-18-17(20-10-12-23-2)21-13-16-19-9-11-22(16)14-15-7-5-4-6-8-15/h4-9,11H,3,10,12-14H2,1-2H3,(H2,18,20,21). The van der Waals surface area contributed by atoms with Crippen LogP contribution in [-0.2, 0) is 17.8 Å². The van der Waals surface area contributed by atoms with Crippen LogP contribution in [0.25, 0.3) is 0 Å². The number of methoxy groups -OCH3 is 1. The maximum absolute atomic E-state index is 5.04. The van der Waals surface area contributed by atoms with E-state index in [2.05, 4.69) is 37.3 Å². The second-order valence-electron chi connectivity index (χ2n) is 5.07. The molecule has 1 aromatic carbocycles. The van der Waals surface area contributed by atoms with Crippen molar-refractivity contribution >= 4 is 5.96 Å². The highest BCUT2D eigenvalue weighted by molar-refractivity contribution is 5.79. The quantitative estimate of drug-likeness (QED) is 0.441. The predicted molar refractivity (Wildman–Crippen MR) is 92.5 cm³/mol. The zero-order valence-electron chi connectivity index (χ0n) is 13.8. The fraction of sp³-hybridized carbons (Fsp3) is 0.412. The molecule has 2 aromatic rings. The van der Waals surface area contributed by atoms with Crippen LogP contribution in [0.5, 0.6) is 0 Å². The fourth-order valence-corrected chi connectivity index (χ4v) is 2.18. The minimum atomic E-state index is 0.530. The van der Waals surface area contributed by atoms with Gasteiger partial charge in [-0.2, -0.15) is 0 Å². The lowest BCUT2D eigenvalue weighted by Crippen LogP contribution is -2.38. The van der Waals surface area contributed by atoms with Crippen molar-refractivity contribution in [3.05, 3.63) is 54.1 Å². The molecule has 0 bridgehead atoms. The molecule has 0 atom stereocenters. The maximum atomic E-state index is 5.04. The van der Waals surface area contributed by atoms with Gasteiger partial charge in [0.2, 0.25) is 0 Å². The number of benzene rings is 1. The molecule has 0 amide bonds. The summed E-state index contributed by atoms with van der Waals surface area (Å²) >= 11 is 0. The van der Waals surface area contributed by atoms with Crippen molar-refractivity contribution in [2.45, 2.75) is 20.0 Å². The Labute approximate surface area is 137 Å². The topological polar surface area (TPSA) is 63.5 Å². The summed E-state index contributed by atoms with van der Waals surface area (Å²) in [7, 11) is 1.69. The van der Waals surface area contributed by atoms with Gasteiger partial charge in [-0.25, -0.2) is 9.98 Å². The van der Waals surface area contributed by atoms with Crippen molar-refractivity contribution in [1.29, 1.82) is 0 Å². The first-order valence-electron chi connectivity index (χ1n) is 7.88. The average molecular weight is 315 g/mol. The normalized spacial score (nSPS) is 11.5. The third-order valence-corrected chi connectivity index (χ3v) is 3.32. The molecule has 0 saturated carbocycles. The summed E-state index contributed by atoms with van der Waals surface area (Å²) in [5.41, 5.74) is 1.25. The lowest BCUT2D eigenvalue weighted by Gasteiger charge is -2.11. The van der Waals surface area contributed by atoms with Crippen LogP contribution in [0.3, 0.4) is 0 Å². The zero-order chi connectivity index (χ0) is 16.3. The van der Waals surface area contributed by atoms with Crippen molar-refractivity contribution in [2.75, 3.05) is 26.8 Å². The van der Waals surface area contributed by atoms with Gasteiger partial charge >= 0.3 is 0 Å². The molecule has 2 rings (SSSR count). The molecule has 0 radical (unpaired) electrons. The number of ether oxygens (including phenoxy) is 1. The van der Waals surface area contributed by atoms with Gasteiger partial charge in [0.05, 0.1) is 6.61 Å². The summed E-state index contributed by atoms with van der Waals surface area (Å²) in [5.74, 6) is 1.72. The molecule has 6 heteroatoms. The fourth-order valence-electron chi connectivity index (χ4n) is 2.18. The van der Waals surface area contributed by atoms with Crippen LogP contribution in [0.2, 0.25) is 0 Å². The van der Waals surface area contributed by atoms with E-state index in [9.17, 15) is 0 Å². The second-order valence-corrected chi connectivity index (χ2v) is 5.07. The number of aromatic nitrogens is 2. The molecule has 0 aliphatic rings. The van der Waals surface area contributed by atoms with Gasteiger partial charge in [-0.3, -0.25) is 0 Å². The Morgan fingerprint density at radius 2 is 2.09 bits per heavy atom. The van der Waals surface area contributed by atoms with Crippen LogP contribution in [0.15, 0.2) is 47.7 Å². The lowest BCUT2D eigenvalue weighted by molar-refractivity contribution is 0.203. The number of nitrogens with zero attached hydrogens (tertiary/aromatic N) is 3. The molecule has 23 heavy (non-hydrogen) atoms. The first kappa shape index (κ1) is 17.0. The molecule has 0 spiro atoms. The van der Waals surface area contributed by atoms with Crippen LogP contribution in [0.1, 0.15) is 18.3 Å². The third-order valence-electron chi connectivity index (χ3n) is 3.32. The molecule has 0 aliphatic heterocycles. The number of hydrogen-bond acceptors (Lipinski definition) is 3. The van der Waals surface area contributed by atoms with E-state index in [0.29, 0.717) is 13.2 Å². The smallest absolute Gasteiger partial charge is 0.191 e. The van der Waals surface area contributed by atoms with Crippen LogP contribution in [0, 0.1) is 0 Å². The predicted octanol–water partition coefficient (Wildman–Crippen LogP) is 1.63. The Morgan fingerprint density at radius 3 is 2.83 bits per heavy atom. The van der Waals surface area contributed by atoms with Gasteiger partial charge in [-0.1, -0.05) is 30.3 Å². The summed E-state index contributed by atoms with van der Waals surface area (Å²) in [5, 5.41) is 6.45. The number of nitrogens with one attached hydrogen (secondary N) is 2. The molecule has 124 valence electrons. The highest BCUT2D eigenvalue weighted by Gasteiger charge is 2.04. The van der Waals surface area contributed by atoms with Gasteiger partial charge in [0.25, 0.3) is 0 Å². The van der Waals surface area contributed by atoms with Crippen LogP contribution < -0.4 is 10.6 Å². The van der Waals surface area contributed by atoms with Crippen molar-refractivity contribution in [3.8, 4) is 0 Å². The van der Waals surface area contributed by atoms with Gasteiger partial charge < -0.3 is 19.9 Å². The van der Waals surface area contributed by atoms with E-state index in [1.165, 1.54) is 5.56 Å². The summed E-state index contributed by atoms with van der Waals surface area (Å²) in [6.45, 7) is 5.57. The molecule has 0 unspecified atom stereocenters. The van der Waals surface area contributed by atoms with E-state index in [-0.39, 0.29) is 0 Å². The van der Waals surface area contributed by atoms with Crippen molar-refractivity contribution in [3.63, 3.8) is 0 Å². The van der Waals surface area contributed by atoms with E-state index in [1.807, 2.05) is 37.5 Å². The average Bonchev–Trinajstić information content (AvgIpc) is 3.01. The molecule has 6 nitrogen and oxygen atoms in total. The number of aliphatic imine (C=N–C) groups is 1. The van der Waals surface area contributed by atoms with Crippen molar-refractivity contribution in [1.82, 2.24) is 20.2 Å². The van der Waals surface area contributed by atoms with Crippen LogP contribution in [-0.4, -0.2) is 42.3 Å². The van der Waals surface area contributed by atoms with E-state index in [4.69, 9.17) is 4.74 Å². The minimum absolute atomic E-state index is 0.530. The zero-order valence-corrected chi connectivity index (χ0v) is 13.8. The minimum Gasteiger partial charge on any atom is -0.383 e. The molecular formula is C17H25N5O. The number of guanidine groups is 1. The summed E-state index contributed by atoms with van der Waals surface area (Å²) < 4.78 is 7.17. The molecule has 0 aliphatic carbocycles. The van der Waals surface area contributed by atoms with Crippen LogP contribution >= 0.6 is 0 Å². The van der Waals surface area contributed by atoms with E-state index in [1.54, 1.807) is 7.11 Å². The SMILES string of the molecule is CCNC(=NCc1nccn1Cc1ccccc1)NCCOC. The molecule has 1 heterocycles. The number of rotatable bonds is 8. The summed E-state index contributed by atoms with van der Waals surface area (Å²) in [6.07, 6.45) is 3.81. The highest BCUT2D eigenvalue weighted by atomic mass is 16.5. The Balaban J connectivity index is 1.98. The Hall–Kier alpha value is -2.34. The molecule has 0 fully saturated rings. The molecule has 0 saturated heterocycles. The first-order chi connectivity index (χ1) is 11.3. The molecule has 2 N–H and O–H groups in total. The van der Waals surface area contributed by atoms with E-state index in [0.717, 1.165) is 31.4 Å². The van der Waals surface area contributed by atoms with E-state index >= 15 is 0 Å². The lowest BCUT2D eigenvalue weighted by atomic mass is 10.2. The van der Waals surface area contributed by atoms with Gasteiger partial charge in [0.1, 0.15) is 12.4 Å². The summed E-state index contributed by atoms with van der Waals surface area (Å²) in [6, 6.07) is 10.4. The van der Waals surface area contributed by atoms with Crippen LogP contribution in [0.4, 0.5) is 0 Å².